The van der Waals surface area contributed by atoms with Gasteiger partial charge in [-0.05, 0) is 12.2 Å². The van der Waals surface area contributed by atoms with Crippen molar-refractivity contribution in [1.29, 1.82) is 0 Å². The summed E-state index contributed by atoms with van der Waals surface area (Å²) in [5.41, 5.74) is 0. The molecule has 0 unspecified atom stereocenters. The molecule has 0 aromatic heterocycles. The van der Waals surface area contributed by atoms with Crippen molar-refractivity contribution in [2.75, 3.05) is 13.1 Å². The Morgan fingerprint density at radius 1 is 0.778 bits per heavy atom. The highest BCUT2D eigenvalue weighted by molar-refractivity contribution is 8.79. The summed E-state index contributed by atoms with van der Waals surface area (Å²) in [6.07, 6.45) is 9.01. The maximum Gasteiger partial charge on any atom is 0.178 e. The fourth-order valence-corrected chi connectivity index (χ4v) is 3.70. The number of allylic oxidation sites excluding steroid dienone is 4. The van der Waals surface area contributed by atoms with E-state index in [1.165, 1.54) is 24.3 Å². The normalized spacial score (nSPS) is 24.7. The van der Waals surface area contributed by atoms with Gasteiger partial charge in [0.05, 0.1) is 0 Å². The van der Waals surface area contributed by atoms with Gasteiger partial charge in [0.15, 0.2) is 10.1 Å². The molecule has 0 saturated carbocycles. The van der Waals surface area contributed by atoms with Crippen molar-refractivity contribution in [1.82, 2.24) is 0 Å². The molecule has 6 nitrogen and oxygen atoms in total. The van der Waals surface area contributed by atoms with Gasteiger partial charge in [0.1, 0.15) is 13.1 Å². The van der Waals surface area contributed by atoms with Crippen molar-refractivity contribution in [3.8, 4) is 0 Å². The van der Waals surface area contributed by atoms with Gasteiger partial charge in [-0.15, -0.1) is 0 Å². The van der Waals surface area contributed by atoms with Crippen LogP contribution in [0.15, 0.2) is 46.5 Å². The van der Waals surface area contributed by atoms with Crippen LogP contribution in [-0.4, -0.2) is 22.7 Å². The van der Waals surface area contributed by atoms with E-state index in [4.69, 9.17) is 0 Å². The topological polar surface area (TPSA) is 92.2 Å². The minimum Gasteiger partial charge on any atom is -0.625 e. The summed E-state index contributed by atoms with van der Waals surface area (Å²) in [5.74, 6) is 0. The van der Waals surface area contributed by atoms with Crippen molar-refractivity contribution in [2.24, 2.45) is 0 Å². The Bertz CT molecular complexity index is 413. The second-order valence-corrected chi connectivity index (χ2v) is 5.91. The molecule has 0 spiro atoms. The van der Waals surface area contributed by atoms with Gasteiger partial charge in [-0.1, -0.05) is 12.2 Å². The number of rotatable bonds is 3. The lowest BCUT2D eigenvalue weighted by atomic mass is 10.4. The number of hydrogen-bond acceptors (Lipinski definition) is 6. The van der Waals surface area contributed by atoms with Crippen molar-refractivity contribution in [2.45, 2.75) is 0 Å². The molecule has 0 aromatic rings. The summed E-state index contributed by atoms with van der Waals surface area (Å²) < 4.78 is 0. The van der Waals surface area contributed by atoms with Gasteiger partial charge in [-0.3, -0.25) is 0 Å². The minimum absolute atomic E-state index is 0.0259. The molecular formula is C10H10N2O4S2-2. The minimum atomic E-state index is -1.75. The third kappa shape index (κ3) is 3.05. The standard InChI is InChI=1S/C10H10N2O4S2/c13-11(14)7-3-1-5-9(11)17-18-10-6-2-4-8-12(10,15)16/h1-6H,7-8H2/q-2. The average Bonchev–Trinajstić information content (AvgIpc) is 2.28. The third-order valence-corrected chi connectivity index (χ3v) is 4.85. The van der Waals surface area contributed by atoms with Crippen LogP contribution >= 0.6 is 21.6 Å². The molecule has 0 fully saturated rings. The Kier molecular flexibility index (Phi) is 3.99. The van der Waals surface area contributed by atoms with Gasteiger partial charge in [0, 0.05) is 33.7 Å². The van der Waals surface area contributed by atoms with Crippen LogP contribution in [-0.2, 0) is 0 Å². The van der Waals surface area contributed by atoms with E-state index in [1.807, 2.05) is 0 Å². The van der Waals surface area contributed by atoms with E-state index in [0.717, 1.165) is 21.6 Å². The first-order valence-corrected chi connectivity index (χ1v) is 7.26. The van der Waals surface area contributed by atoms with E-state index in [9.17, 15) is 20.8 Å². The van der Waals surface area contributed by atoms with Crippen molar-refractivity contribution >= 4 is 21.6 Å². The molecule has 2 heterocycles. The van der Waals surface area contributed by atoms with E-state index in [1.54, 1.807) is 12.2 Å². The quantitative estimate of drug-likeness (QED) is 0.450. The Balaban J connectivity index is 2.04. The molecule has 0 radical (unpaired) electrons. The second kappa shape index (κ2) is 5.19. The molecular weight excluding hydrogens is 276 g/mol. The fraction of sp³-hybridized carbons (Fsp3) is 0.200. The summed E-state index contributed by atoms with van der Waals surface area (Å²) in [4.78, 5) is -3.51. The highest BCUT2D eigenvalue weighted by Gasteiger charge is 2.21. The molecule has 0 bridgehead atoms. The van der Waals surface area contributed by atoms with Gasteiger partial charge >= 0.3 is 0 Å². The fourth-order valence-electron chi connectivity index (χ4n) is 1.36. The number of hydrogen-bond donors (Lipinski definition) is 0. The largest absolute Gasteiger partial charge is 0.625 e. The lowest BCUT2D eigenvalue weighted by molar-refractivity contribution is -0.775. The molecule has 0 atom stereocenters. The lowest BCUT2D eigenvalue weighted by Gasteiger charge is -2.49. The van der Waals surface area contributed by atoms with Gasteiger partial charge in [0.25, 0.3) is 0 Å². The predicted molar refractivity (Wildman–Crippen MR) is 73.4 cm³/mol. The van der Waals surface area contributed by atoms with E-state index in [2.05, 4.69) is 0 Å². The number of nitrogens with zero attached hydrogens (tertiary/aromatic N) is 2. The zero-order chi connectivity index (χ0) is 13.2. The SMILES string of the molecule is [O-][N+]1([O-])CC=CC=C1SSC1=CC=CC[N+]1([O-])[O-]. The Hall–Kier alpha value is -0.580. The van der Waals surface area contributed by atoms with E-state index in [-0.39, 0.29) is 23.1 Å². The van der Waals surface area contributed by atoms with E-state index < -0.39 is 9.62 Å². The van der Waals surface area contributed by atoms with E-state index >= 15 is 0 Å². The zero-order valence-electron chi connectivity index (χ0n) is 9.22. The van der Waals surface area contributed by atoms with Gasteiger partial charge in [-0.25, -0.2) is 0 Å². The second-order valence-electron chi connectivity index (χ2n) is 3.74. The maximum absolute atomic E-state index is 11.5. The molecule has 0 amide bonds. The first-order valence-electron chi connectivity index (χ1n) is 5.11. The van der Waals surface area contributed by atoms with E-state index in [0.29, 0.717) is 0 Å². The van der Waals surface area contributed by atoms with Gasteiger partial charge in [-0.2, -0.15) is 0 Å². The van der Waals surface area contributed by atoms with Crippen LogP contribution in [0, 0.1) is 20.8 Å². The number of hydroxylamine groups is 8. The van der Waals surface area contributed by atoms with Crippen LogP contribution in [0.25, 0.3) is 0 Å². The summed E-state index contributed by atoms with van der Waals surface area (Å²) in [6, 6.07) is 0. The predicted octanol–water partition coefficient (Wildman–Crippen LogP) is 2.82. The third-order valence-electron chi connectivity index (χ3n) is 2.33. The monoisotopic (exact) mass is 286 g/mol. The molecule has 2 aliphatic heterocycles. The summed E-state index contributed by atoms with van der Waals surface area (Å²) >= 11 is 0. The molecule has 0 saturated heterocycles. The highest BCUT2D eigenvalue weighted by atomic mass is 33.1. The van der Waals surface area contributed by atoms with Crippen LogP contribution in [0.2, 0.25) is 0 Å². The van der Waals surface area contributed by atoms with Crippen molar-refractivity contribution in [3.05, 3.63) is 67.3 Å². The summed E-state index contributed by atoms with van der Waals surface area (Å²) in [6.45, 7) is -0.375. The zero-order valence-corrected chi connectivity index (χ0v) is 10.9. The first-order chi connectivity index (χ1) is 8.42. The molecule has 2 aliphatic rings. The van der Waals surface area contributed by atoms with Crippen LogP contribution in [0.5, 0.6) is 0 Å². The lowest BCUT2D eigenvalue weighted by Crippen LogP contribution is -2.35. The van der Waals surface area contributed by atoms with Crippen LogP contribution in [0.1, 0.15) is 0 Å². The Morgan fingerprint density at radius 3 is 1.50 bits per heavy atom. The Morgan fingerprint density at radius 2 is 1.17 bits per heavy atom. The molecule has 18 heavy (non-hydrogen) atoms. The maximum atomic E-state index is 11.5. The molecule has 0 aromatic carbocycles. The average molecular weight is 286 g/mol. The molecule has 98 valence electrons. The van der Waals surface area contributed by atoms with Gasteiger partial charge in [0.2, 0.25) is 0 Å². The van der Waals surface area contributed by atoms with Crippen molar-refractivity contribution in [3.63, 3.8) is 0 Å². The van der Waals surface area contributed by atoms with Gasteiger partial charge < -0.3 is 30.4 Å². The first kappa shape index (κ1) is 13.8. The van der Waals surface area contributed by atoms with Crippen LogP contribution in [0.4, 0.5) is 0 Å². The highest BCUT2D eigenvalue weighted by Crippen LogP contribution is 2.44. The summed E-state index contributed by atoms with van der Waals surface area (Å²) in [5, 5.41) is 46.1. The molecule has 0 aliphatic carbocycles. The molecule has 0 N–H and O–H groups in total. The Labute approximate surface area is 112 Å². The molecule has 2 rings (SSSR count). The smallest absolute Gasteiger partial charge is 0.178 e. The van der Waals surface area contributed by atoms with Crippen LogP contribution < -0.4 is 0 Å². The number of quaternary nitrogens is 2. The van der Waals surface area contributed by atoms with Crippen LogP contribution in [0.3, 0.4) is 0 Å². The molecule has 8 heteroatoms. The van der Waals surface area contributed by atoms with Crippen molar-refractivity contribution < 1.29 is 9.62 Å². The summed E-state index contributed by atoms with van der Waals surface area (Å²) in [7, 11) is 1.74.